The number of hydrogen-bond donors (Lipinski definition) is 1. The van der Waals surface area contributed by atoms with E-state index in [9.17, 15) is 19.5 Å². The van der Waals surface area contributed by atoms with Crippen LogP contribution in [0.3, 0.4) is 0 Å². The second-order valence-electron chi connectivity index (χ2n) is 10.7. The lowest BCUT2D eigenvalue weighted by atomic mass is 9.65. The first kappa shape index (κ1) is 28.8. The molecule has 202 valence electrons. The van der Waals surface area contributed by atoms with Gasteiger partial charge in [-0.25, -0.2) is 0 Å². The molecule has 0 saturated carbocycles. The van der Waals surface area contributed by atoms with Gasteiger partial charge in [-0.15, -0.1) is 24.9 Å². The Morgan fingerprint density at radius 3 is 2.33 bits per heavy atom. The molecule has 7 nitrogen and oxygen atoms in total. The van der Waals surface area contributed by atoms with Crippen LogP contribution in [-0.2, 0) is 14.4 Å². The smallest absolute Gasteiger partial charge is 0.247 e. The van der Waals surface area contributed by atoms with Gasteiger partial charge in [0, 0.05) is 31.4 Å². The molecule has 0 aromatic rings. The largest absolute Gasteiger partial charge is 0.394 e. The fraction of sp³-hybridized carbons (Fsp3) is 0.750. The number of thioether (sulfide) groups is 1. The molecular formula is C28H45N3O4S. The summed E-state index contributed by atoms with van der Waals surface area (Å²) < 4.78 is -0.668. The van der Waals surface area contributed by atoms with Crippen molar-refractivity contribution < 1.29 is 19.5 Å². The third-order valence-electron chi connectivity index (χ3n) is 8.29. The Hall–Kier alpha value is -1.80. The number of likely N-dealkylation sites (tertiary alicyclic amines) is 1. The van der Waals surface area contributed by atoms with Crippen LogP contribution in [0.4, 0.5) is 0 Å². The van der Waals surface area contributed by atoms with Crippen molar-refractivity contribution in [1.82, 2.24) is 14.7 Å². The zero-order chi connectivity index (χ0) is 26.6. The van der Waals surface area contributed by atoms with Crippen LogP contribution in [0, 0.1) is 17.8 Å². The van der Waals surface area contributed by atoms with Crippen LogP contribution < -0.4 is 0 Å². The zero-order valence-electron chi connectivity index (χ0n) is 22.5. The minimum atomic E-state index is -0.694. The molecular weight excluding hydrogens is 474 g/mol. The maximum atomic E-state index is 14.3. The quantitative estimate of drug-likeness (QED) is 0.281. The van der Waals surface area contributed by atoms with Crippen LogP contribution in [0.1, 0.15) is 59.8 Å². The fourth-order valence-corrected chi connectivity index (χ4v) is 9.08. The van der Waals surface area contributed by atoms with Crippen molar-refractivity contribution in [2.45, 2.75) is 81.9 Å². The van der Waals surface area contributed by atoms with E-state index in [2.05, 4.69) is 27.0 Å². The van der Waals surface area contributed by atoms with Crippen molar-refractivity contribution in [2.24, 2.45) is 17.8 Å². The molecule has 3 rings (SSSR count). The molecule has 3 saturated heterocycles. The lowest BCUT2D eigenvalue weighted by Crippen LogP contribution is -2.59. The van der Waals surface area contributed by atoms with E-state index >= 15 is 0 Å². The summed E-state index contributed by atoms with van der Waals surface area (Å²) >= 11 is 1.69. The van der Waals surface area contributed by atoms with Crippen molar-refractivity contribution in [1.29, 1.82) is 0 Å². The predicted octanol–water partition coefficient (Wildman–Crippen LogP) is 3.33. The van der Waals surface area contributed by atoms with Gasteiger partial charge >= 0.3 is 0 Å². The topological polar surface area (TPSA) is 81.2 Å². The van der Waals surface area contributed by atoms with Gasteiger partial charge in [0.1, 0.15) is 6.04 Å². The second-order valence-corrected chi connectivity index (χ2v) is 12.2. The van der Waals surface area contributed by atoms with Crippen LogP contribution in [-0.4, -0.2) is 92.4 Å². The number of fused-ring (bicyclic) bond motifs is 1. The zero-order valence-corrected chi connectivity index (χ0v) is 23.3. The molecule has 1 N–H and O–H groups in total. The first-order chi connectivity index (χ1) is 17.2. The molecule has 3 amide bonds. The molecule has 3 aliphatic rings. The summed E-state index contributed by atoms with van der Waals surface area (Å²) in [4.78, 5) is 47.6. The Morgan fingerprint density at radius 2 is 1.78 bits per heavy atom. The summed E-state index contributed by atoms with van der Waals surface area (Å²) in [6, 6.07) is -1.20. The first-order valence-electron chi connectivity index (χ1n) is 13.6. The Morgan fingerprint density at radius 1 is 1.14 bits per heavy atom. The molecule has 7 atom stereocenters. The van der Waals surface area contributed by atoms with E-state index in [0.717, 1.165) is 32.1 Å². The minimum Gasteiger partial charge on any atom is -0.394 e. The van der Waals surface area contributed by atoms with Crippen LogP contribution in [0.15, 0.2) is 25.3 Å². The third-order valence-corrected chi connectivity index (χ3v) is 10.4. The minimum absolute atomic E-state index is 0.00281. The third kappa shape index (κ3) is 4.75. The number of aliphatic hydroxyl groups is 1. The lowest BCUT2D eigenvalue weighted by Gasteiger charge is -2.42. The molecule has 0 aliphatic carbocycles. The van der Waals surface area contributed by atoms with Gasteiger partial charge in [0.05, 0.1) is 29.2 Å². The van der Waals surface area contributed by atoms with E-state index in [1.54, 1.807) is 35.7 Å². The highest BCUT2D eigenvalue weighted by atomic mass is 32.2. The van der Waals surface area contributed by atoms with Gasteiger partial charge < -0.3 is 19.8 Å². The number of rotatable bonds is 14. The van der Waals surface area contributed by atoms with Crippen molar-refractivity contribution >= 4 is 29.5 Å². The molecule has 3 aliphatic heterocycles. The normalized spacial score (nSPS) is 31.3. The van der Waals surface area contributed by atoms with Gasteiger partial charge in [0.2, 0.25) is 17.7 Å². The average molecular weight is 520 g/mol. The van der Waals surface area contributed by atoms with Crippen molar-refractivity contribution in [3.8, 4) is 0 Å². The van der Waals surface area contributed by atoms with Crippen molar-refractivity contribution in [2.75, 3.05) is 32.8 Å². The van der Waals surface area contributed by atoms with Gasteiger partial charge in [0.15, 0.2) is 0 Å². The first-order valence-corrected chi connectivity index (χ1v) is 14.5. The van der Waals surface area contributed by atoms with Gasteiger partial charge in [-0.1, -0.05) is 45.8 Å². The fourth-order valence-electron chi connectivity index (χ4n) is 6.68. The summed E-state index contributed by atoms with van der Waals surface area (Å²) in [5.41, 5.74) is 0. The SMILES string of the molecule is C=CCN(CCCCC)C(=O)C1N([C@H](C)CO)C(=O)[C@@H]2[C@@H](C(=O)N(CC=C)CCC)[C@H]3CC(C)C12S3. The Kier molecular flexibility index (Phi) is 9.72. The van der Waals surface area contributed by atoms with E-state index in [1.807, 2.05) is 16.7 Å². The maximum absolute atomic E-state index is 14.3. The van der Waals surface area contributed by atoms with Crippen molar-refractivity contribution in [3.05, 3.63) is 25.3 Å². The summed E-state index contributed by atoms with van der Waals surface area (Å²) in [7, 11) is 0. The Labute approximate surface area is 221 Å². The van der Waals surface area contributed by atoms with Gasteiger partial charge in [0.25, 0.3) is 0 Å². The molecule has 8 heteroatoms. The van der Waals surface area contributed by atoms with Crippen molar-refractivity contribution in [3.63, 3.8) is 0 Å². The van der Waals surface area contributed by atoms with Crippen LogP contribution >= 0.6 is 11.8 Å². The van der Waals surface area contributed by atoms with Crippen LogP contribution in [0.5, 0.6) is 0 Å². The predicted molar refractivity (Wildman–Crippen MR) is 145 cm³/mol. The summed E-state index contributed by atoms with van der Waals surface area (Å²) in [5, 5.41) is 10.1. The highest BCUT2D eigenvalue weighted by Crippen LogP contribution is 2.69. The van der Waals surface area contributed by atoms with E-state index in [0.29, 0.717) is 26.2 Å². The average Bonchev–Trinajstić information content (AvgIpc) is 3.45. The molecule has 0 aromatic carbocycles. The van der Waals surface area contributed by atoms with Crippen LogP contribution in [0.2, 0.25) is 0 Å². The molecule has 3 unspecified atom stereocenters. The number of hydrogen-bond acceptors (Lipinski definition) is 5. The van der Waals surface area contributed by atoms with E-state index in [4.69, 9.17) is 0 Å². The number of carbonyl (C=O) groups excluding carboxylic acids is 3. The standard InChI is InChI=1S/C28H45N3O4S/c1-7-11-12-16-30(15-10-4)27(35)24-28-19(5)17-21(36-28)22(25(33)29(13-8-2)14-9-3)23(28)26(34)31(24)20(6)18-32/h8,10,19-24,32H,2,4,7,9,11-18H2,1,3,5-6H3/t19?,20-,21-,22+,23+,24?,28?/m1/s1. The summed E-state index contributed by atoms with van der Waals surface area (Å²) in [6.07, 6.45) is 8.07. The second kappa shape index (κ2) is 12.2. The number of amides is 3. The molecule has 36 heavy (non-hydrogen) atoms. The number of nitrogens with zero attached hydrogens (tertiary/aromatic N) is 3. The molecule has 0 radical (unpaired) electrons. The van der Waals surface area contributed by atoms with Gasteiger partial charge in [-0.3, -0.25) is 14.4 Å². The lowest BCUT2D eigenvalue weighted by molar-refractivity contribution is -0.146. The highest BCUT2D eigenvalue weighted by molar-refractivity contribution is 8.02. The van der Waals surface area contributed by atoms with Gasteiger partial charge in [-0.2, -0.15) is 0 Å². The summed E-state index contributed by atoms with van der Waals surface area (Å²) in [5.74, 6) is -1.14. The summed E-state index contributed by atoms with van der Waals surface area (Å²) in [6.45, 7) is 17.6. The number of unbranched alkanes of at least 4 members (excludes halogenated alkanes) is 2. The Balaban J connectivity index is 2.05. The molecule has 3 fully saturated rings. The Bertz CT molecular complexity index is 851. The van der Waals surface area contributed by atoms with E-state index in [1.165, 1.54) is 0 Å². The molecule has 1 spiro atoms. The molecule has 3 heterocycles. The maximum Gasteiger partial charge on any atom is 0.247 e. The van der Waals surface area contributed by atoms with E-state index < -0.39 is 28.7 Å². The number of carbonyl (C=O) groups is 3. The monoisotopic (exact) mass is 519 g/mol. The number of aliphatic hydroxyl groups excluding tert-OH is 1. The highest BCUT2D eigenvalue weighted by Gasteiger charge is 2.76. The van der Waals surface area contributed by atoms with E-state index in [-0.39, 0.29) is 35.5 Å². The van der Waals surface area contributed by atoms with Crippen LogP contribution in [0.25, 0.3) is 0 Å². The molecule has 2 bridgehead atoms. The molecule has 0 aromatic heterocycles. The van der Waals surface area contributed by atoms with Gasteiger partial charge in [-0.05, 0) is 32.1 Å².